The van der Waals surface area contributed by atoms with Crippen molar-refractivity contribution in [2.45, 2.75) is 26.9 Å². The molecule has 0 aromatic heterocycles. The summed E-state index contributed by atoms with van der Waals surface area (Å²) in [6, 6.07) is 10.3. The van der Waals surface area contributed by atoms with E-state index in [4.69, 9.17) is 4.74 Å². The number of halogens is 1. The fourth-order valence-corrected chi connectivity index (χ4v) is 2.13. The van der Waals surface area contributed by atoms with Crippen molar-refractivity contribution in [3.05, 3.63) is 58.9 Å². The Morgan fingerprint density at radius 2 is 1.74 bits per heavy atom. The van der Waals surface area contributed by atoms with Crippen molar-refractivity contribution in [3.63, 3.8) is 0 Å². The van der Waals surface area contributed by atoms with Crippen molar-refractivity contribution < 1.29 is 14.2 Å². The molecule has 0 heterocycles. The van der Waals surface area contributed by atoms with Crippen molar-refractivity contribution in [1.82, 2.24) is 0 Å². The van der Waals surface area contributed by atoms with Gasteiger partial charge in [0.1, 0.15) is 17.3 Å². The molecule has 0 amide bonds. The van der Waals surface area contributed by atoms with Crippen molar-refractivity contribution in [1.29, 1.82) is 0 Å². The van der Waals surface area contributed by atoms with E-state index >= 15 is 0 Å². The summed E-state index contributed by atoms with van der Waals surface area (Å²) in [5, 5.41) is 9.65. The second kappa shape index (κ2) is 5.41. The number of aliphatic hydroxyl groups is 1. The van der Waals surface area contributed by atoms with Crippen LogP contribution in [0.2, 0.25) is 0 Å². The molecule has 0 aliphatic rings. The summed E-state index contributed by atoms with van der Waals surface area (Å²) in [5.74, 6) is 0.530. The largest absolute Gasteiger partial charge is 0.457 e. The van der Waals surface area contributed by atoms with Crippen LogP contribution in [0.5, 0.6) is 11.5 Å². The van der Waals surface area contributed by atoms with Gasteiger partial charge in [-0.2, -0.15) is 0 Å². The van der Waals surface area contributed by atoms with Crippen molar-refractivity contribution in [2.24, 2.45) is 0 Å². The van der Waals surface area contributed by atoms with Crippen molar-refractivity contribution in [2.75, 3.05) is 0 Å². The lowest BCUT2D eigenvalue weighted by atomic mass is 10.1. The monoisotopic (exact) mass is 260 g/mol. The van der Waals surface area contributed by atoms with E-state index in [9.17, 15) is 9.50 Å². The zero-order chi connectivity index (χ0) is 14.0. The Balaban J connectivity index is 2.40. The molecule has 3 heteroatoms. The summed E-state index contributed by atoms with van der Waals surface area (Å²) >= 11 is 0. The molecule has 2 aromatic rings. The maximum Gasteiger partial charge on any atom is 0.136 e. The SMILES string of the molecule is Cc1cc(C)cc(Oc2cccc(F)c2C(C)O)c1. The second-order valence-corrected chi connectivity index (χ2v) is 4.75. The third kappa shape index (κ3) is 3.12. The molecule has 0 aliphatic heterocycles. The number of rotatable bonds is 3. The Bertz CT molecular complexity index is 571. The zero-order valence-electron chi connectivity index (χ0n) is 11.3. The first-order valence-corrected chi connectivity index (χ1v) is 6.20. The van der Waals surface area contributed by atoms with Gasteiger partial charge in [-0.3, -0.25) is 0 Å². The number of ether oxygens (including phenoxy) is 1. The van der Waals surface area contributed by atoms with E-state index in [1.807, 2.05) is 32.0 Å². The molecule has 0 aliphatic carbocycles. The average molecular weight is 260 g/mol. The molecule has 0 radical (unpaired) electrons. The average Bonchev–Trinajstić information content (AvgIpc) is 2.26. The van der Waals surface area contributed by atoms with Crippen LogP contribution in [0.3, 0.4) is 0 Å². The molecule has 2 rings (SSSR count). The Kier molecular flexibility index (Phi) is 3.86. The minimum Gasteiger partial charge on any atom is -0.457 e. The highest BCUT2D eigenvalue weighted by molar-refractivity contribution is 5.41. The first-order chi connectivity index (χ1) is 8.97. The quantitative estimate of drug-likeness (QED) is 0.892. The van der Waals surface area contributed by atoms with Crippen molar-refractivity contribution >= 4 is 0 Å². The number of aliphatic hydroxyl groups excluding tert-OH is 1. The lowest BCUT2D eigenvalue weighted by Gasteiger charge is -2.14. The number of benzene rings is 2. The summed E-state index contributed by atoms with van der Waals surface area (Å²) in [6.07, 6.45) is -0.915. The van der Waals surface area contributed by atoms with Crippen LogP contribution >= 0.6 is 0 Å². The highest BCUT2D eigenvalue weighted by Gasteiger charge is 2.15. The highest BCUT2D eigenvalue weighted by atomic mass is 19.1. The van der Waals surface area contributed by atoms with Crippen LogP contribution in [0.15, 0.2) is 36.4 Å². The zero-order valence-corrected chi connectivity index (χ0v) is 11.3. The maximum atomic E-state index is 13.7. The van der Waals surface area contributed by atoms with Crippen LogP contribution in [-0.2, 0) is 0 Å². The van der Waals surface area contributed by atoms with E-state index in [-0.39, 0.29) is 5.56 Å². The molecule has 1 unspecified atom stereocenters. The minimum atomic E-state index is -0.915. The first kappa shape index (κ1) is 13.6. The highest BCUT2D eigenvalue weighted by Crippen LogP contribution is 2.32. The van der Waals surface area contributed by atoms with Gasteiger partial charge in [0.05, 0.1) is 11.7 Å². The smallest absolute Gasteiger partial charge is 0.136 e. The molecule has 1 N–H and O–H groups in total. The van der Waals surface area contributed by atoms with Crippen molar-refractivity contribution in [3.8, 4) is 11.5 Å². The number of hydrogen-bond acceptors (Lipinski definition) is 2. The van der Waals surface area contributed by atoms with Gasteiger partial charge in [0.25, 0.3) is 0 Å². The van der Waals surface area contributed by atoms with Gasteiger partial charge in [-0.25, -0.2) is 4.39 Å². The molecule has 0 fully saturated rings. The molecule has 0 saturated carbocycles. The fraction of sp³-hybridized carbons (Fsp3) is 0.250. The van der Waals surface area contributed by atoms with Gasteiger partial charge in [-0.05, 0) is 56.2 Å². The van der Waals surface area contributed by atoms with E-state index in [1.54, 1.807) is 12.1 Å². The van der Waals surface area contributed by atoms with E-state index in [2.05, 4.69) is 0 Å². The van der Waals surface area contributed by atoms with Gasteiger partial charge in [0.2, 0.25) is 0 Å². The molecular weight excluding hydrogens is 243 g/mol. The molecular formula is C16H17FO2. The molecule has 1 atom stereocenters. The Labute approximate surface area is 112 Å². The van der Waals surface area contributed by atoms with Crippen LogP contribution in [0, 0.1) is 19.7 Å². The van der Waals surface area contributed by atoms with E-state index in [0.29, 0.717) is 11.5 Å². The van der Waals surface area contributed by atoms with E-state index in [0.717, 1.165) is 11.1 Å². The molecule has 2 nitrogen and oxygen atoms in total. The van der Waals surface area contributed by atoms with Crippen LogP contribution in [0.4, 0.5) is 4.39 Å². The van der Waals surface area contributed by atoms with Gasteiger partial charge in [-0.15, -0.1) is 0 Å². The molecule has 19 heavy (non-hydrogen) atoms. The summed E-state index contributed by atoms with van der Waals surface area (Å²) in [4.78, 5) is 0. The normalized spacial score (nSPS) is 12.3. The fourth-order valence-electron chi connectivity index (χ4n) is 2.13. The third-order valence-corrected chi connectivity index (χ3v) is 2.85. The second-order valence-electron chi connectivity index (χ2n) is 4.75. The summed E-state index contributed by atoms with van der Waals surface area (Å²) in [5.41, 5.74) is 2.33. The third-order valence-electron chi connectivity index (χ3n) is 2.85. The number of aryl methyl sites for hydroxylation is 2. The first-order valence-electron chi connectivity index (χ1n) is 6.20. The molecule has 2 aromatic carbocycles. The van der Waals surface area contributed by atoms with Crippen LogP contribution < -0.4 is 4.74 Å². The minimum absolute atomic E-state index is 0.182. The molecule has 100 valence electrons. The lowest BCUT2D eigenvalue weighted by molar-refractivity contribution is 0.190. The predicted octanol–water partition coefficient (Wildman–Crippen LogP) is 4.29. The lowest BCUT2D eigenvalue weighted by Crippen LogP contribution is -2.00. The van der Waals surface area contributed by atoms with Gasteiger partial charge < -0.3 is 9.84 Å². The standard InChI is InChI=1S/C16H17FO2/c1-10-7-11(2)9-13(8-10)19-15-6-4-5-14(17)16(15)12(3)18/h4-9,12,18H,1-3H3. The van der Waals surface area contributed by atoms with Gasteiger partial charge >= 0.3 is 0 Å². The van der Waals surface area contributed by atoms with E-state index < -0.39 is 11.9 Å². The Morgan fingerprint density at radius 3 is 2.32 bits per heavy atom. The summed E-state index contributed by atoms with van der Waals surface area (Å²) in [7, 11) is 0. The number of hydrogen-bond donors (Lipinski definition) is 1. The summed E-state index contributed by atoms with van der Waals surface area (Å²) < 4.78 is 19.4. The Hall–Kier alpha value is -1.87. The van der Waals surface area contributed by atoms with Crippen LogP contribution in [-0.4, -0.2) is 5.11 Å². The van der Waals surface area contributed by atoms with Gasteiger partial charge in [0.15, 0.2) is 0 Å². The maximum absolute atomic E-state index is 13.7. The van der Waals surface area contributed by atoms with Gasteiger partial charge in [0, 0.05) is 0 Å². The van der Waals surface area contributed by atoms with Gasteiger partial charge in [-0.1, -0.05) is 12.1 Å². The Morgan fingerprint density at radius 1 is 1.11 bits per heavy atom. The molecule has 0 saturated heterocycles. The summed E-state index contributed by atoms with van der Waals surface area (Å²) in [6.45, 7) is 5.47. The van der Waals surface area contributed by atoms with E-state index in [1.165, 1.54) is 13.0 Å². The topological polar surface area (TPSA) is 29.5 Å². The van der Waals surface area contributed by atoms with Crippen LogP contribution in [0.1, 0.15) is 29.7 Å². The van der Waals surface area contributed by atoms with Crippen LogP contribution in [0.25, 0.3) is 0 Å². The predicted molar refractivity (Wildman–Crippen MR) is 73.0 cm³/mol. The molecule has 0 bridgehead atoms. The molecule has 0 spiro atoms.